The molecule has 0 atom stereocenters. The topological polar surface area (TPSA) is 122 Å². The van der Waals surface area contributed by atoms with Gasteiger partial charge >= 0.3 is 0 Å². The summed E-state index contributed by atoms with van der Waals surface area (Å²) in [4.78, 5) is 16.5. The second-order valence-electron chi connectivity index (χ2n) is 5.63. The SMILES string of the molecule is CCOc1ccccc1-c1nnc(SCc2cc(=O)n3[nH]cc(C#N)c3n2)o1. The first-order valence-corrected chi connectivity index (χ1v) is 9.37. The highest BCUT2D eigenvalue weighted by Crippen LogP contribution is 2.31. The molecule has 0 spiro atoms. The van der Waals surface area contributed by atoms with Crippen LogP contribution in [-0.2, 0) is 5.75 Å². The third kappa shape index (κ3) is 3.35. The molecule has 0 radical (unpaired) electrons. The number of hydrogen-bond donors (Lipinski definition) is 1. The zero-order valence-electron chi connectivity index (χ0n) is 14.7. The van der Waals surface area contributed by atoms with Crippen molar-refractivity contribution in [1.29, 1.82) is 5.26 Å². The van der Waals surface area contributed by atoms with Crippen molar-refractivity contribution in [1.82, 2.24) is 24.8 Å². The van der Waals surface area contributed by atoms with Crippen molar-refractivity contribution >= 4 is 17.4 Å². The monoisotopic (exact) mass is 394 g/mol. The molecule has 10 heteroatoms. The van der Waals surface area contributed by atoms with Gasteiger partial charge in [-0.2, -0.15) is 5.26 Å². The fourth-order valence-corrected chi connectivity index (χ4v) is 3.28. The van der Waals surface area contributed by atoms with Crippen LogP contribution in [0, 0.1) is 11.3 Å². The Morgan fingerprint density at radius 3 is 3.04 bits per heavy atom. The van der Waals surface area contributed by atoms with Crippen LogP contribution < -0.4 is 10.3 Å². The Morgan fingerprint density at radius 1 is 1.36 bits per heavy atom. The second kappa shape index (κ2) is 7.58. The first-order chi connectivity index (χ1) is 13.7. The van der Waals surface area contributed by atoms with Gasteiger partial charge in [-0.15, -0.1) is 10.2 Å². The highest BCUT2D eigenvalue weighted by molar-refractivity contribution is 7.98. The number of H-pyrrole nitrogens is 1. The average molecular weight is 394 g/mol. The molecule has 3 aromatic heterocycles. The first kappa shape index (κ1) is 17.8. The summed E-state index contributed by atoms with van der Waals surface area (Å²) in [6.45, 7) is 2.43. The summed E-state index contributed by atoms with van der Waals surface area (Å²) < 4.78 is 12.5. The summed E-state index contributed by atoms with van der Waals surface area (Å²) in [7, 11) is 0. The van der Waals surface area contributed by atoms with Crippen LogP contribution in [-0.4, -0.2) is 31.4 Å². The van der Waals surface area contributed by atoms with Crippen LogP contribution in [0.5, 0.6) is 5.75 Å². The van der Waals surface area contributed by atoms with Crippen molar-refractivity contribution in [3.8, 4) is 23.3 Å². The van der Waals surface area contributed by atoms with Crippen molar-refractivity contribution in [2.75, 3.05) is 6.61 Å². The molecule has 140 valence electrons. The maximum atomic E-state index is 12.1. The van der Waals surface area contributed by atoms with E-state index in [-0.39, 0.29) is 5.56 Å². The number of hydrogen-bond acceptors (Lipinski definition) is 8. The van der Waals surface area contributed by atoms with Crippen molar-refractivity contribution < 1.29 is 9.15 Å². The molecule has 1 N–H and O–H groups in total. The molecule has 9 nitrogen and oxygen atoms in total. The summed E-state index contributed by atoms with van der Waals surface area (Å²) in [5.41, 5.74) is 1.53. The standard InChI is InChI=1S/C18H14N6O3S/c1-2-26-14-6-4-3-5-13(14)17-22-23-18(27-17)28-10-12-7-15(25)24-16(21-12)11(8-19)9-20-24/h3-7,9,20H,2,10H2,1H3. The lowest BCUT2D eigenvalue weighted by atomic mass is 10.2. The van der Waals surface area contributed by atoms with Crippen LogP contribution in [0.2, 0.25) is 0 Å². The van der Waals surface area contributed by atoms with E-state index < -0.39 is 0 Å². The highest BCUT2D eigenvalue weighted by Gasteiger charge is 2.15. The van der Waals surface area contributed by atoms with Crippen molar-refractivity contribution in [3.05, 3.63) is 58.1 Å². The smallest absolute Gasteiger partial charge is 0.277 e. The zero-order chi connectivity index (χ0) is 19.5. The van der Waals surface area contributed by atoms with Crippen molar-refractivity contribution in [2.45, 2.75) is 17.9 Å². The molecule has 0 aliphatic carbocycles. The Hall–Kier alpha value is -3.58. The minimum Gasteiger partial charge on any atom is -0.493 e. The van der Waals surface area contributed by atoms with Gasteiger partial charge in [-0.3, -0.25) is 9.89 Å². The average Bonchev–Trinajstić information content (AvgIpc) is 3.34. The van der Waals surface area contributed by atoms with Crippen LogP contribution in [0.15, 0.2) is 51.0 Å². The number of nitrogens with zero attached hydrogens (tertiary/aromatic N) is 5. The van der Waals surface area contributed by atoms with Gasteiger partial charge in [0.2, 0.25) is 0 Å². The maximum Gasteiger partial charge on any atom is 0.277 e. The Balaban J connectivity index is 1.55. The van der Waals surface area contributed by atoms with E-state index >= 15 is 0 Å². The van der Waals surface area contributed by atoms with E-state index in [0.29, 0.717) is 51.7 Å². The van der Waals surface area contributed by atoms with Gasteiger partial charge in [-0.1, -0.05) is 23.9 Å². The van der Waals surface area contributed by atoms with Crippen LogP contribution in [0.25, 0.3) is 17.1 Å². The molecule has 0 fully saturated rings. The van der Waals surface area contributed by atoms with E-state index in [1.807, 2.05) is 37.3 Å². The molecule has 28 heavy (non-hydrogen) atoms. The van der Waals surface area contributed by atoms with E-state index in [0.717, 1.165) is 0 Å². The van der Waals surface area contributed by atoms with Crippen LogP contribution in [0.3, 0.4) is 0 Å². The van der Waals surface area contributed by atoms with Crippen molar-refractivity contribution in [2.24, 2.45) is 0 Å². The normalized spacial score (nSPS) is 10.9. The number of benzene rings is 1. The number of para-hydroxylation sites is 1. The van der Waals surface area contributed by atoms with Gasteiger partial charge < -0.3 is 9.15 Å². The number of fused-ring (bicyclic) bond motifs is 1. The molecule has 0 aliphatic rings. The van der Waals surface area contributed by atoms with Crippen LogP contribution in [0.1, 0.15) is 18.2 Å². The number of nitrogens with one attached hydrogen (secondary N) is 1. The highest BCUT2D eigenvalue weighted by atomic mass is 32.2. The predicted molar refractivity (Wildman–Crippen MR) is 101 cm³/mol. The van der Waals surface area contributed by atoms with Crippen LogP contribution >= 0.6 is 11.8 Å². The Kier molecular flexibility index (Phi) is 4.82. The van der Waals surface area contributed by atoms with Gasteiger partial charge in [0, 0.05) is 18.0 Å². The van der Waals surface area contributed by atoms with Crippen LogP contribution in [0.4, 0.5) is 0 Å². The molecule has 0 saturated carbocycles. The third-order valence-electron chi connectivity index (χ3n) is 3.84. The molecule has 0 aliphatic heterocycles. The van der Waals surface area contributed by atoms with E-state index in [9.17, 15) is 4.79 Å². The predicted octanol–water partition coefficient (Wildman–Crippen LogP) is 2.64. The molecule has 0 bridgehead atoms. The van der Waals surface area contributed by atoms with E-state index in [1.54, 1.807) is 0 Å². The molecule has 4 aromatic rings. The quantitative estimate of drug-likeness (QED) is 0.495. The summed E-state index contributed by atoms with van der Waals surface area (Å²) >= 11 is 1.26. The lowest BCUT2D eigenvalue weighted by molar-refractivity contribution is 0.340. The number of nitriles is 1. The second-order valence-corrected chi connectivity index (χ2v) is 6.56. The molecule has 4 rings (SSSR count). The van der Waals surface area contributed by atoms with E-state index in [4.69, 9.17) is 14.4 Å². The molecule has 0 unspecified atom stereocenters. The molecule has 1 aromatic carbocycles. The summed E-state index contributed by atoms with van der Waals surface area (Å²) in [6, 6.07) is 10.8. The van der Waals surface area contributed by atoms with Gasteiger partial charge in [0.05, 0.1) is 17.9 Å². The van der Waals surface area contributed by atoms with Gasteiger partial charge in [-0.05, 0) is 19.1 Å². The molecule has 3 heterocycles. The minimum absolute atomic E-state index is 0.293. The fourth-order valence-electron chi connectivity index (χ4n) is 2.62. The number of thioether (sulfide) groups is 1. The molecular weight excluding hydrogens is 380 g/mol. The fraction of sp³-hybridized carbons (Fsp3) is 0.167. The summed E-state index contributed by atoms with van der Waals surface area (Å²) in [5.74, 6) is 1.37. The maximum absolute atomic E-state index is 12.1. The Morgan fingerprint density at radius 2 is 2.21 bits per heavy atom. The first-order valence-electron chi connectivity index (χ1n) is 8.38. The van der Waals surface area contributed by atoms with Gasteiger partial charge in [0.1, 0.15) is 17.4 Å². The lowest BCUT2D eigenvalue weighted by Gasteiger charge is -2.06. The van der Waals surface area contributed by atoms with Crippen molar-refractivity contribution in [3.63, 3.8) is 0 Å². The van der Waals surface area contributed by atoms with Gasteiger partial charge in [-0.25, -0.2) is 9.50 Å². The largest absolute Gasteiger partial charge is 0.493 e. The molecular formula is C18H14N6O3S. The Labute approximate surface area is 163 Å². The third-order valence-corrected chi connectivity index (χ3v) is 4.69. The molecule has 0 amide bonds. The van der Waals surface area contributed by atoms with E-state index in [1.165, 1.54) is 28.5 Å². The number of ether oxygens (including phenoxy) is 1. The summed E-state index contributed by atoms with van der Waals surface area (Å²) in [6.07, 6.45) is 1.45. The van der Waals surface area contributed by atoms with Gasteiger partial charge in [0.15, 0.2) is 5.65 Å². The number of aromatic nitrogens is 5. The zero-order valence-corrected chi connectivity index (χ0v) is 15.6. The Bertz CT molecular complexity index is 1240. The minimum atomic E-state index is -0.293. The lowest BCUT2D eigenvalue weighted by Crippen LogP contribution is -2.15. The number of aromatic amines is 1. The van der Waals surface area contributed by atoms with E-state index in [2.05, 4.69) is 20.3 Å². The van der Waals surface area contributed by atoms with Gasteiger partial charge in [0.25, 0.3) is 16.7 Å². The number of rotatable bonds is 6. The molecule has 0 saturated heterocycles. The summed E-state index contributed by atoms with van der Waals surface area (Å²) in [5, 5.41) is 20.3.